The van der Waals surface area contributed by atoms with Crippen molar-refractivity contribution in [3.8, 4) is 11.1 Å². The number of carbonyl (C=O) groups excluding carboxylic acids is 1. The number of aliphatic hydroxyl groups excluding tert-OH is 1. The van der Waals surface area contributed by atoms with E-state index in [0.29, 0.717) is 18.0 Å². The quantitative estimate of drug-likeness (QED) is 0.366. The number of benzene rings is 1. The summed E-state index contributed by atoms with van der Waals surface area (Å²) in [5.41, 5.74) is 4.17. The first-order valence-electron chi connectivity index (χ1n) is 16.5. The fourth-order valence-corrected chi connectivity index (χ4v) is 6.69. The van der Waals surface area contributed by atoms with Crippen LogP contribution in [0, 0.1) is 0 Å². The van der Waals surface area contributed by atoms with E-state index in [0.717, 1.165) is 101 Å². The van der Waals surface area contributed by atoms with Crippen molar-refractivity contribution in [1.82, 2.24) is 29.2 Å². The highest BCUT2D eigenvalue weighted by Gasteiger charge is 2.38. The lowest BCUT2D eigenvalue weighted by Crippen LogP contribution is -2.64. The second-order valence-electron chi connectivity index (χ2n) is 13.8. The topological polar surface area (TPSA) is 99.0 Å². The lowest BCUT2D eigenvalue weighted by molar-refractivity contribution is -0.0252. The highest BCUT2D eigenvalue weighted by Crippen LogP contribution is 2.37. The minimum absolute atomic E-state index is 0.188. The molecular weight excluding hydrogens is 554 g/mol. The van der Waals surface area contributed by atoms with Crippen molar-refractivity contribution >= 4 is 23.1 Å². The molecule has 1 amide bonds. The molecule has 44 heavy (non-hydrogen) atoms. The van der Waals surface area contributed by atoms with Gasteiger partial charge in [0.05, 0.1) is 6.10 Å². The summed E-state index contributed by atoms with van der Waals surface area (Å²) in [5, 5.41) is 14.5. The number of carbonyl (C=O) groups is 1. The minimum atomic E-state index is -0.449. The summed E-state index contributed by atoms with van der Waals surface area (Å²) < 4.78 is 7.84. The van der Waals surface area contributed by atoms with Crippen molar-refractivity contribution < 1.29 is 14.6 Å². The standard InChI is InChI=1S/C34H49N7O3/c1-5-14-35-32-36-19-29-30(23-41(31(29)37-32)26-10-12-28(42)13-11-26)25-8-6-24(7-9-25)20-38-15-17-39(18-16-38)27-21-40(22-27)33(43)44-34(2,3)4/h6-9,19,23,26-28,42H,5,10-18,20-22H2,1-4H3,(H,35,36,37)/t26-,28-. The first-order chi connectivity index (χ1) is 21.2. The van der Waals surface area contributed by atoms with Crippen LogP contribution in [0.2, 0.25) is 0 Å². The Morgan fingerprint density at radius 1 is 1.02 bits per heavy atom. The number of nitrogens with zero attached hydrogens (tertiary/aromatic N) is 6. The Bertz CT molecular complexity index is 1410. The normalized spacial score (nSPS) is 22.2. The molecule has 0 bridgehead atoms. The summed E-state index contributed by atoms with van der Waals surface area (Å²) in [4.78, 5) is 28.7. The van der Waals surface area contributed by atoms with Crippen LogP contribution in [-0.4, -0.2) is 104 Å². The van der Waals surface area contributed by atoms with Crippen molar-refractivity contribution in [2.75, 3.05) is 51.1 Å². The van der Waals surface area contributed by atoms with Crippen molar-refractivity contribution in [3.05, 3.63) is 42.2 Å². The first kappa shape index (κ1) is 30.8. The third kappa shape index (κ3) is 7.03. The molecule has 0 spiro atoms. The molecule has 0 radical (unpaired) electrons. The van der Waals surface area contributed by atoms with Crippen LogP contribution in [0.3, 0.4) is 0 Å². The smallest absolute Gasteiger partial charge is 0.410 e. The van der Waals surface area contributed by atoms with Gasteiger partial charge in [-0.05, 0) is 64.0 Å². The van der Waals surface area contributed by atoms with E-state index in [2.05, 4.69) is 62.1 Å². The Balaban J connectivity index is 1.08. The zero-order chi connectivity index (χ0) is 30.8. The van der Waals surface area contributed by atoms with Crippen molar-refractivity contribution in [2.45, 2.75) is 90.1 Å². The Kier molecular flexibility index (Phi) is 9.12. The number of piperazine rings is 1. The van der Waals surface area contributed by atoms with Gasteiger partial charge in [-0.25, -0.2) is 9.78 Å². The Morgan fingerprint density at radius 3 is 2.39 bits per heavy atom. The fraction of sp³-hybridized carbons (Fsp3) is 0.618. The molecule has 2 aliphatic heterocycles. The number of hydrogen-bond acceptors (Lipinski definition) is 8. The van der Waals surface area contributed by atoms with Gasteiger partial charge >= 0.3 is 6.09 Å². The Morgan fingerprint density at radius 2 is 1.73 bits per heavy atom. The van der Waals surface area contributed by atoms with Gasteiger partial charge in [0, 0.05) is 87.8 Å². The monoisotopic (exact) mass is 603 g/mol. The molecule has 10 nitrogen and oxygen atoms in total. The molecule has 238 valence electrons. The van der Waals surface area contributed by atoms with Crippen LogP contribution in [-0.2, 0) is 11.3 Å². The van der Waals surface area contributed by atoms with Crippen LogP contribution in [0.1, 0.15) is 71.4 Å². The van der Waals surface area contributed by atoms with Crippen molar-refractivity contribution in [2.24, 2.45) is 0 Å². The van der Waals surface area contributed by atoms with Gasteiger partial charge < -0.3 is 24.6 Å². The molecule has 2 aromatic heterocycles. The maximum absolute atomic E-state index is 12.3. The van der Waals surface area contributed by atoms with E-state index < -0.39 is 5.60 Å². The van der Waals surface area contributed by atoms with E-state index in [1.54, 1.807) is 0 Å². The number of rotatable bonds is 8. The van der Waals surface area contributed by atoms with E-state index in [9.17, 15) is 9.90 Å². The number of aromatic nitrogens is 3. The van der Waals surface area contributed by atoms with Gasteiger partial charge in [0.25, 0.3) is 0 Å². The zero-order valence-electron chi connectivity index (χ0n) is 26.8. The Labute approximate surface area is 261 Å². The van der Waals surface area contributed by atoms with Crippen LogP contribution in [0.25, 0.3) is 22.2 Å². The van der Waals surface area contributed by atoms with Gasteiger partial charge in [-0.3, -0.25) is 9.80 Å². The second-order valence-corrected chi connectivity index (χ2v) is 13.8. The number of nitrogens with one attached hydrogen (secondary N) is 1. The predicted molar refractivity (Wildman–Crippen MR) is 174 cm³/mol. The molecule has 0 unspecified atom stereocenters. The van der Waals surface area contributed by atoms with Gasteiger partial charge in [0.15, 0.2) is 0 Å². The number of amides is 1. The predicted octanol–water partition coefficient (Wildman–Crippen LogP) is 5.13. The average molecular weight is 604 g/mol. The van der Waals surface area contributed by atoms with Gasteiger partial charge in [-0.15, -0.1) is 0 Å². The molecule has 3 aromatic rings. The lowest BCUT2D eigenvalue weighted by Gasteiger charge is -2.48. The van der Waals surface area contributed by atoms with Crippen molar-refractivity contribution in [1.29, 1.82) is 0 Å². The van der Waals surface area contributed by atoms with E-state index in [1.165, 1.54) is 11.1 Å². The zero-order valence-corrected chi connectivity index (χ0v) is 26.8. The number of aliphatic hydroxyl groups is 1. The van der Waals surface area contributed by atoms with Crippen LogP contribution in [0.5, 0.6) is 0 Å². The molecule has 3 aliphatic rings. The first-order valence-corrected chi connectivity index (χ1v) is 16.5. The summed E-state index contributed by atoms with van der Waals surface area (Å²) in [7, 11) is 0. The summed E-state index contributed by atoms with van der Waals surface area (Å²) in [6.45, 7) is 15.3. The fourth-order valence-electron chi connectivity index (χ4n) is 6.69. The average Bonchev–Trinajstić information content (AvgIpc) is 3.35. The van der Waals surface area contributed by atoms with E-state index in [-0.39, 0.29) is 12.2 Å². The van der Waals surface area contributed by atoms with Gasteiger partial charge in [-0.1, -0.05) is 31.2 Å². The molecule has 1 aliphatic carbocycles. The third-order valence-electron chi connectivity index (χ3n) is 9.27. The lowest BCUT2D eigenvalue weighted by atomic mass is 9.93. The number of anilines is 1. The third-order valence-corrected chi connectivity index (χ3v) is 9.27. The van der Waals surface area contributed by atoms with Crippen LogP contribution in [0.15, 0.2) is 36.7 Å². The molecule has 4 heterocycles. The molecular formula is C34H49N7O3. The highest BCUT2D eigenvalue weighted by atomic mass is 16.6. The molecule has 1 aromatic carbocycles. The van der Waals surface area contributed by atoms with Crippen LogP contribution < -0.4 is 5.32 Å². The van der Waals surface area contributed by atoms with Crippen LogP contribution >= 0.6 is 0 Å². The molecule has 6 rings (SSSR count). The largest absolute Gasteiger partial charge is 0.444 e. The summed E-state index contributed by atoms with van der Waals surface area (Å²) in [6, 6.07) is 9.75. The summed E-state index contributed by atoms with van der Waals surface area (Å²) in [6.07, 6.45) is 8.44. The number of fused-ring (bicyclic) bond motifs is 1. The van der Waals surface area contributed by atoms with E-state index in [4.69, 9.17) is 9.72 Å². The second kappa shape index (κ2) is 13.0. The molecule has 2 N–H and O–H groups in total. The highest BCUT2D eigenvalue weighted by molar-refractivity contribution is 5.94. The Hall–Kier alpha value is -3.21. The summed E-state index contributed by atoms with van der Waals surface area (Å²) >= 11 is 0. The number of ether oxygens (including phenoxy) is 1. The van der Waals surface area contributed by atoms with Gasteiger partial charge in [-0.2, -0.15) is 4.98 Å². The van der Waals surface area contributed by atoms with Crippen LogP contribution in [0.4, 0.5) is 10.7 Å². The maximum atomic E-state index is 12.3. The minimum Gasteiger partial charge on any atom is -0.444 e. The van der Waals surface area contributed by atoms with E-state index >= 15 is 0 Å². The SMILES string of the molecule is CCCNc1ncc2c(-c3ccc(CN4CCN(C5CN(C(=O)OC(C)(C)C)C5)CC4)cc3)cn([C@H]3CC[C@H](O)CC3)c2n1. The molecule has 0 atom stereocenters. The molecule has 10 heteroatoms. The molecule has 3 fully saturated rings. The number of hydrogen-bond donors (Lipinski definition) is 2. The molecule has 2 saturated heterocycles. The van der Waals surface area contributed by atoms with Gasteiger partial charge in [0.2, 0.25) is 5.95 Å². The maximum Gasteiger partial charge on any atom is 0.410 e. The number of likely N-dealkylation sites (tertiary alicyclic amines) is 1. The summed E-state index contributed by atoms with van der Waals surface area (Å²) in [5.74, 6) is 0.675. The van der Waals surface area contributed by atoms with Gasteiger partial charge in [0.1, 0.15) is 11.2 Å². The van der Waals surface area contributed by atoms with E-state index in [1.807, 2.05) is 31.9 Å². The molecule has 1 saturated carbocycles. The van der Waals surface area contributed by atoms with Crippen molar-refractivity contribution in [3.63, 3.8) is 0 Å².